The van der Waals surface area contributed by atoms with Crippen LogP contribution in [-0.2, 0) is 22.7 Å². The highest BCUT2D eigenvalue weighted by atomic mass is 35.5. The van der Waals surface area contributed by atoms with Crippen LogP contribution in [0.4, 0.5) is 0 Å². The van der Waals surface area contributed by atoms with Crippen molar-refractivity contribution < 1.29 is 31.2 Å². The molecule has 0 saturated carbocycles. The maximum absolute atomic E-state index is 12.3. The molecule has 1 aliphatic rings. The Balaban J connectivity index is 0.00000800. The van der Waals surface area contributed by atoms with Crippen molar-refractivity contribution in [1.82, 2.24) is 10.3 Å². The molecule has 1 aromatic rings. The molecule has 0 fully saturated rings. The zero-order chi connectivity index (χ0) is 28.3. The molecule has 0 aromatic carbocycles. The van der Waals surface area contributed by atoms with Gasteiger partial charge in [0.2, 0.25) is 5.91 Å². The van der Waals surface area contributed by atoms with Gasteiger partial charge in [0.05, 0.1) is 32.9 Å². The smallest absolute Gasteiger partial charge is 0.219 e. The first-order chi connectivity index (χ1) is 18.9. The Bertz CT molecular complexity index is 818. The van der Waals surface area contributed by atoms with E-state index < -0.39 is 0 Å². The van der Waals surface area contributed by atoms with E-state index in [0.717, 1.165) is 66.8 Å². The molecule has 1 amide bonds. The second-order valence-corrected chi connectivity index (χ2v) is 12.3. The molecule has 0 spiro atoms. The molecule has 1 N–H and O–H groups in total. The fourth-order valence-corrected chi connectivity index (χ4v) is 5.48. The predicted octanol–water partition coefficient (Wildman–Crippen LogP) is 4.99. The number of fused-ring (bicyclic) bond motifs is 1. The summed E-state index contributed by atoms with van der Waals surface area (Å²) in [5.41, 5.74) is 3.30. The molecule has 0 radical (unpaired) electrons. The molecule has 40 heavy (non-hydrogen) atoms. The van der Waals surface area contributed by atoms with Crippen LogP contribution in [0.5, 0.6) is 5.75 Å². The van der Waals surface area contributed by atoms with Gasteiger partial charge in [-0.1, -0.05) is 90.9 Å². The van der Waals surface area contributed by atoms with E-state index in [4.69, 9.17) is 9.47 Å². The lowest BCUT2D eigenvalue weighted by Crippen LogP contribution is -3.00. The van der Waals surface area contributed by atoms with Crippen LogP contribution in [-0.4, -0.2) is 48.8 Å². The molecule has 7 heteroatoms. The lowest BCUT2D eigenvalue weighted by atomic mass is 10.1. The third kappa shape index (κ3) is 15.0. The number of hydrogen-bond donors (Lipinski definition) is 1. The Hall–Kier alpha value is -1.37. The summed E-state index contributed by atoms with van der Waals surface area (Å²) in [5.74, 6) is 1.13. The lowest BCUT2D eigenvalue weighted by molar-refractivity contribution is -0.903. The first kappa shape index (κ1) is 36.7. The lowest BCUT2D eigenvalue weighted by Gasteiger charge is -2.33. The van der Waals surface area contributed by atoms with Gasteiger partial charge in [-0.25, -0.2) is 0 Å². The maximum Gasteiger partial charge on any atom is 0.219 e. The number of amides is 1. The quantitative estimate of drug-likeness (QED) is 0.155. The van der Waals surface area contributed by atoms with Gasteiger partial charge in [0.25, 0.3) is 0 Å². The van der Waals surface area contributed by atoms with E-state index in [-0.39, 0.29) is 24.6 Å². The fraction of sp³-hybridized carbons (Fsp3) is 0.818. The highest BCUT2D eigenvalue weighted by molar-refractivity contribution is 5.75. The number of aromatic nitrogens is 1. The van der Waals surface area contributed by atoms with Gasteiger partial charge in [0, 0.05) is 43.1 Å². The third-order valence-corrected chi connectivity index (χ3v) is 7.98. The molecular formula is C33H60ClN3O3. The van der Waals surface area contributed by atoms with E-state index in [1.165, 1.54) is 82.6 Å². The van der Waals surface area contributed by atoms with Crippen molar-refractivity contribution in [3.05, 3.63) is 23.0 Å². The van der Waals surface area contributed by atoms with Crippen LogP contribution in [0.3, 0.4) is 0 Å². The highest BCUT2D eigenvalue weighted by Crippen LogP contribution is 2.33. The zero-order valence-corrected chi connectivity index (χ0v) is 27.3. The van der Waals surface area contributed by atoms with Gasteiger partial charge in [-0.3, -0.25) is 9.78 Å². The molecule has 0 aliphatic carbocycles. The van der Waals surface area contributed by atoms with Crippen molar-refractivity contribution in [2.75, 3.05) is 27.2 Å². The number of unbranched alkanes of at least 4 members (excludes halogenated alkanes) is 12. The van der Waals surface area contributed by atoms with Gasteiger partial charge in [0.15, 0.2) is 6.29 Å². The Morgan fingerprint density at radius 3 is 2.17 bits per heavy atom. The predicted molar refractivity (Wildman–Crippen MR) is 162 cm³/mol. The zero-order valence-electron chi connectivity index (χ0n) is 26.5. The molecule has 2 heterocycles. The highest BCUT2D eigenvalue weighted by Gasteiger charge is 2.27. The first-order valence-electron chi connectivity index (χ1n) is 16.2. The van der Waals surface area contributed by atoms with Gasteiger partial charge in [-0.2, -0.15) is 0 Å². The minimum atomic E-state index is -0.156. The van der Waals surface area contributed by atoms with E-state index in [1.807, 2.05) is 13.1 Å². The van der Waals surface area contributed by atoms with Crippen molar-refractivity contribution in [2.24, 2.45) is 0 Å². The molecule has 6 nitrogen and oxygen atoms in total. The molecule has 232 valence electrons. The van der Waals surface area contributed by atoms with Crippen LogP contribution in [0.2, 0.25) is 0 Å². The topological polar surface area (TPSA) is 60.5 Å². The van der Waals surface area contributed by atoms with E-state index >= 15 is 0 Å². The summed E-state index contributed by atoms with van der Waals surface area (Å²) in [7, 11) is 4.49. The SMILES string of the molecule is CCCCCCCCCCCCCC(=O)NCCC[N+](C)(C)Cc1cnc(C)c2c1COC(CCCCC)O2.[Cl-]. The number of nitrogens with one attached hydrogen (secondary N) is 1. The second kappa shape index (κ2) is 21.4. The Kier molecular flexibility index (Phi) is 19.6. The maximum atomic E-state index is 12.3. The van der Waals surface area contributed by atoms with Gasteiger partial charge in [0.1, 0.15) is 12.3 Å². The third-order valence-electron chi connectivity index (χ3n) is 7.98. The van der Waals surface area contributed by atoms with Gasteiger partial charge < -0.3 is 31.7 Å². The van der Waals surface area contributed by atoms with Gasteiger partial charge in [-0.15, -0.1) is 0 Å². The summed E-state index contributed by atoms with van der Waals surface area (Å²) in [6.07, 6.45) is 22.3. The fourth-order valence-electron chi connectivity index (χ4n) is 5.48. The Morgan fingerprint density at radius 1 is 0.925 bits per heavy atom. The molecular weight excluding hydrogens is 522 g/mol. The van der Waals surface area contributed by atoms with E-state index in [1.54, 1.807) is 0 Å². The van der Waals surface area contributed by atoms with Crippen molar-refractivity contribution >= 4 is 5.91 Å². The van der Waals surface area contributed by atoms with Crippen molar-refractivity contribution in [3.8, 4) is 5.75 Å². The number of carbonyl (C=O) groups is 1. The van der Waals surface area contributed by atoms with Crippen LogP contribution in [0.25, 0.3) is 0 Å². The molecule has 1 unspecified atom stereocenters. The number of hydrogen-bond acceptors (Lipinski definition) is 4. The summed E-state index contributed by atoms with van der Waals surface area (Å²) >= 11 is 0. The summed E-state index contributed by atoms with van der Waals surface area (Å²) in [5, 5.41) is 3.14. The Labute approximate surface area is 252 Å². The summed E-state index contributed by atoms with van der Waals surface area (Å²) in [6.45, 7) is 9.71. The number of quaternary nitrogens is 1. The molecule has 1 aliphatic heterocycles. The van der Waals surface area contributed by atoms with E-state index in [2.05, 4.69) is 38.2 Å². The number of carbonyl (C=O) groups excluding carboxylic acids is 1. The normalized spacial score (nSPS) is 14.8. The number of halogens is 1. The molecule has 0 bridgehead atoms. The number of nitrogens with zero attached hydrogens (tertiary/aromatic N) is 2. The molecule has 0 saturated heterocycles. The van der Waals surface area contributed by atoms with Crippen molar-refractivity contribution in [2.45, 2.75) is 149 Å². The first-order valence-corrected chi connectivity index (χ1v) is 16.2. The summed E-state index contributed by atoms with van der Waals surface area (Å²) in [6, 6.07) is 0. The average molecular weight is 582 g/mol. The van der Waals surface area contributed by atoms with Crippen LogP contribution < -0.4 is 22.5 Å². The van der Waals surface area contributed by atoms with Gasteiger partial charge >= 0.3 is 0 Å². The molecule has 1 atom stereocenters. The summed E-state index contributed by atoms with van der Waals surface area (Å²) in [4.78, 5) is 16.9. The van der Waals surface area contributed by atoms with Crippen LogP contribution in [0.1, 0.15) is 140 Å². The summed E-state index contributed by atoms with van der Waals surface area (Å²) < 4.78 is 13.1. The largest absolute Gasteiger partial charge is 1.00 e. The average Bonchev–Trinajstić information content (AvgIpc) is 2.91. The van der Waals surface area contributed by atoms with Crippen LogP contribution >= 0.6 is 0 Å². The van der Waals surface area contributed by atoms with Crippen molar-refractivity contribution in [1.29, 1.82) is 0 Å². The van der Waals surface area contributed by atoms with E-state index in [9.17, 15) is 4.79 Å². The second-order valence-electron chi connectivity index (χ2n) is 12.3. The Morgan fingerprint density at radius 2 is 1.52 bits per heavy atom. The number of pyridine rings is 1. The standard InChI is InChI=1S/C33H59N3O3.ClH/c1-6-8-10-11-12-13-14-15-16-17-19-21-31(37)34-23-20-24-36(4,5)26-29-25-35-28(3)33-30(29)27-38-32(39-33)22-18-9-7-2;/h25,32H,6-24,26-27H2,1-5H3;1H. The minimum absolute atomic E-state index is 0. The van der Waals surface area contributed by atoms with Gasteiger partial charge in [-0.05, 0) is 19.8 Å². The number of aryl methyl sites for hydroxylation is 1. The number of rotatable bonds is 22. The molecule has 1 aromatic heterocycles. The van der Waals surface area contributed by atoms with E-state index in [0.29, 0.717) is 13.0 Å². The van der Waals surface area contributed by atoms with Crippen LogP contribution in [0, 0.1) is 6.92 Å². The monoisotopic (exact) mass is 581 g/mol. The number of ether oxygens (including phenoxy) is 2. The minimum Gasteiger partial charge on any atom is -1.00 e. The van der Waals surface area contributed by atoms with Crippen molar-refractivity contribution in [3.63, 3.8) is 0 Å². The van der Waals surface area contributed by atoms with Crippen LogP contribution in [0.15, 0.2) is 6.20 Å². The molecule has 2 rings (SSSR count).